The summed E-state index contributed by atoms with van der Waals surface area (Å²) < 4.78 is 5.22. The highest BCUT2D eigenvalue weighted by Gasteiger charge is 2.23. The molecule has 1 heterocycles. The third-order valence-corrected chi connectivity index (χ3v) is 3.67. The first kappa shape index (κ1) is 16.9. The zero-order valence-electron chi connectivity index (χ0n) is 11.6. The van der Waals surface area contributed by atoms with Crippen molar-refractivity contribution in [3.8, 4) is 5.75 Å². The Morgan fingerprint density at radius 1 is 1.30 bits per heavy atom. The summed E-state index contributed by atoms with van der Waals surface area (Å²) in [6, 6.07) is 3.17. The number of nitrogens with zero attached hydrogens (tertiary/aromatic N) is 2. The Hall–Kier alpha value is -1.17. The predicted molar refractivity (Wildman–Crippen MR) is 83.1 cm³/mol. The molecular formula is C13H19Cl2N3O2. The van der Waals surface area contributed by atoms with E-state index in [0.717, 1.165) is 13.1 Å². The average Bonchev–Trinajstić information content (AvgIpc) is 2.41. The summed E-state index contributed by atoms with van der Waals surface area (Å²) >= 11 is 5.99. The number of carbonyl (C=O) groups is 1. The number of benzene rings is 1. The Balaban J connectivity index is 0.00000200. The van der Waals surface area contributed by atoms with Crippen LogP contribution in [-0.2, 0) is 0 Å². The summed E-state index contributed by atoms with van der Waals surface area (Å²) in [6.45, 7) is 3.16. The summed E-state index contributed by atoms with van der Waals surface area (Å²) in [7, 11) is 3.56. The maximum absolute atomic E-state index is 12.5. The molecule has 1 amide bonds. The van der Waals surface area contributed by atoms with Crippen LogP contribution in [-0.4, -0.2) is 56.0 Å². The van der Waals surface area contributed by atoms with Gasteiger partial charge in [0.25, 0.3) is 5.91 Å². The second-order valence-corrected chi connectivity index (χ2v) is 5.08. The smallest absolute Gasteiger partial charge is 0.257 e. The summed E-state index contributed by atoms with van der Waals surface area (Å²) in [4.78, 5) is 16.5. The molecule has 7 heteroatoms. The van der Waals surface area contributed by atoms with E-state index in [-0.39, 0.29) is 18.3 Å². The molecule has 0 atom stereocenters. The van der Waals surface area contributed by atoms with Crippen molar-refractivity contribution in [3.05, 3.63) is 22.7 Å². The molecular weight excluding hydrogens is 301 g/mol. The maximum Gasteiger partial charge on any atom is 0.257 e. The molecule has 0 saturated carbocycles. The van der Waals surface area contributed by atoms with Gasteiger partial charge in [-0.1, -0.05) is 11.6 Å². The molecule has 2 rings (SSSR count). The van der Waals surface area contributed by atoms with Crippen LogP contribution in [0.15, 0.2) is 12.1 Å². The van der Waals surface area contributed by atoms with Crippen molar-refractivity contribution in [2.45, 2.75) is 0 Å². The molecule has 1 aliphatic heterocycles. The fourth-order valence-electron chi connectivity index (χ4n) is 2.09. The minimum absolute atomic E-state index is 0. The molecule has 0 unspecified atom stereocenters. The summed E-state index contributed by atoms with van der Waals surface area (Å²) in [5, 5.41) is 0.373. The van der Waals surface area contributed by atoms with Crippen molar-refractivity contribution in [2.24, 2.45) is 0 Å². The van der Waals surface area contributed by atoms with Crippen LogP contribution in [0.25, 0.3) is 0 Å². The van der Waals surface area contributed by atoms with E-state index in [9.17, 15) is 4.79 Å². The van der Waals surface area contributed by atoms with E-state index in [2.05, 4.69) is 4.90 Å². The number of hydrogen-bond donors (Lipinski definition) is 1. The molecule has 0 aliphatic carbocycles. The molecule has 1 fully saturated rings. The number of halogens is 2. The van der Waals surface area contributed by atoms with E-state index in [0.29, 0.717) is 35.1 Å². The number of amides is 1. The Labute approximate surface area is 130 Å². The second kappa shape index (κ2) is 7.02. The fraction of sp³-hybridized carbons (Fsp3) is 0.462. The number of anilines is 1. The molecule has 1 aromatic carbocycles. The first-order valence-electron chi connectivity index (χ1n) is 6.13. The zero-order chi connectivity index (χ0) is 14.0. The normalized spacial score (nSPS) is 15.7. The van der Waals surface area contributed by atoms with E-state index in [4.69, 9.17) is 22.1 Å². The highest BCUT2D eigenvalue weighted by molar-refractivity contribution is 6.33. The molecule has 5 nitrogen and oxygen atoms in total. The van der Waals surface area contributed by atoms with Gasteiger partial charge in [0, 0.05) is 32.2 Å². The Morgan fingerprint density at radius 2 is 1.90 bits per heavy atom. The molecule has 2 N–H and O–H groups in total. The topological polar surface area (TPSA) is 58.8 Å². The molecule has 0 radical (unpaired) electrons. The first-order valence-corrected chi connectivity index (χ1v) is 6.51. The van der Waals surface area contributed by atoms with Gasteiger partial charge in [-0.05, 0) is 13.1 Å². The molecule has 0 aromatic heterocycles. The third-order valence-electron chi connectivity index (χ3n) is 3.34. The molecule has 1 saturated heterocycles. The van der Waals surface area contributed by atoms with Crippen LogP contribution in [0, 0.1) is 0 Å². The van der Waals surface area contributed by atoms with E-state index in [1.807, 2.05) is 11.9 Å². The Kier molecular flexibility index (Phi) is 5.92. The molecule has 112 valence electrons. The van der Waals surface area contributed by atoms with E-state index < -0.39 is 0 Å². The highest BCUT2D eigenvalue weighted by atomic mass is 35.5. The van der Waals surface area contributed by atoms with Crippen molar-refractivity contribution < 1.29 is 9.53 Å². The lowest BCUT2D eigenvalue weighted by atomic mass is 10.1. The SMILES string of the molecule is COc1cc(N)c(Cl)cc1C(=O)N1CCN(C)CC1.Cl. The van der Waals surface area contributed by atoms with E-state index >= 15 is 0 Å². The lowest BCUT2D eigenvalue weighted by Crippen LogP contribution is -2.47. The van der Waals surface area contributed by atoms with Crippen molar-refractivity contribution >= 4 is 35.6 Å². The lowest BCUT2D eigenvalue weighted by molar-refractivity contribution is 0.0661. The van der Waals surface area contributed by atoms with Gasteiger partial charge >= 0.3 is 0 Å². The number of carbonyl (C=O) groups excluding carboxylic acids is 1. The number of piperazine rings is 1. The molecule has 1 aliphatic rings. The Morgan fingerprint density at radius 3 is 2.45 bits per heavy atom. The predicted octanol–water partition coefficient (Wildman–Crippen LogP) is 1.74. The quantitative estimate of drug-likeness (QED) is 0.844. The lowest BCUT2D eigenvalue weighted by Gasteiger charge is -2.32. The number of rotatable bonds is 2. The molecule has 0 bridgehead atoms. The van der Waals surface area contributed by atoms with Crippen LogP contribution in [0.1, 0.15) is 10.4 Å². The number of ether oxygens (including phenoxy) is 1. The van der Waals surface area contributed by atoms with Crippen LogP contribution >= 0.6 is 24.0 Å². The summed E-state index contributed by atoms with van der Waals surface area (Å²) in [5.41, 5.74) is 6.59. The standard InChI is InChI=1S/C13H18ClN3O2.ClH/c1-16-3-5-17(6-4-16)13(18)9-7-10(14)11(15)8-12(9)19-2;/h7-8H,3-6,15H2,1-2H3;1H. The zero-order valence-corrected chi connectivity index (χ0v) is 13.1. The minimum atomic E-state index is -0.0631. The van der Waals surface area contributed by atoms with Crippen LogP contribution in [0.3, 0.4) is 0 Å². The molecule has 20 heavy (non-hydrogen) atoms. The van der Waals surface area contributed by atoms with Gasteiger partial charge in [0.2, 0.25) is 0 Å². The van der Waals surface area contributed by atoms with Gasteiger partial charge in [0.05, 0.1) is 23.4 Å². The van der Waals surface area contributed by atoms with Crippen molar-refractivity contribution in [1.82, 2.24) is 9.80 Å². The average molecular weight is 320 g/mol. The van der Waals surface area contributed by atoms with Crippen molar-refractivity contribution in [3.63, 3.8) is 0 Å². The van der Waals surface area contributed by atoms with Crippen LogP contribution in [0.4, 0.5) is 5.69 Å². The molecule has 0 spiro atoms. The Bertz CT molecular complexity index is 489. The van der Waals surface area contributed by atoms with Gasteiger partial charge in [-0.25, -0.2) is 0 Å². The fourth-order valence-corrected chi connectivity index (χ4v) is 2.25. The number of nitrogen functional groups attached to an aromatic ring is 1. The van der Waals surface area contributed by atoms with Gasteiger partial charge in [0.1, 0.15) is 5.75 Å². The number of likely N-dealkylation sites (N-methyl/N-ethyl adjacent to an activating group) is 1. The van der Waals surface area contributed by atoms with Crippen LogP contribution in [0.5, 0.6) is 5.75 Å². The van der Waals surface area contributed by atoms with Crippen LogP contribution in [0.2, 0.25) is 5.02 Å². The summed E-state index contributed by atoms with van der Waals surface area (Å²) in [5.74, 6) is 0.401. The minimum Gasteiger partial charge on any atom is -0.496 e. The van der Waals surface area contributed by atoms with E-state index in [1.165, 1.54) is 7.11 Å². The van der Waals surface area contributed by atoms with Gasteiger partial charge in [-0.2, -0.15) is 0 Å². The van der Waals surface area contributed by atoms with Gasteiger partial charge in [-0.15, -0.1) is 12.4 Å². The number of nitrogens with two attached hydrogens (primary N) is 1. The maximum atomic E-state index is 12.5. The van der Waals surface area contributed by atoms with Gasteiger partial charge < -0.3 is 20.3 Å². The second-order valence-electron chi connectivity index (χ2n) is 4.67. The first-order chi connectivity index (χ1) is 9.02. The highest BCUT2D eigenvalue weighted by Crippen LogP contribution is 2.29. The van der Waals surface area contributed by atoms with Crippen molar-refractivity contribution in [2.75, 3.05) is 46.1 Å². The largest absolute Gasteiger partial charge is 0.496 e. The number of methoxy groups -OCH3 is 1. The van der Waals surface area contributed by atoms with Crippen LogP contribution < -0.4 is 10.5 Å². The van der Waals surface area contributed by atoms with Gasteiger partial charge in [0.15, 0.2) is 0 Å². The van der Waals surface area contributed by atoms with E-state index in [1.54, 1.807) is 12.1 Å². The number of hydrogen-bond acceptors (Lipinski definition) is 4. The summed E-state index contributed by atoms with van der Waals surface area (Å²) in [6.07, 6.45) is 0. The van der Waals surface area contributed by atoms with Gasteiger partial charge in [-0.3, -0.25) is 4.79 Å². The monoisotopic (exact) mass is 319 g/mol. The van der Waals surface area contributed by atoms with Crippen molar-refractivity contribution in [1.29, 1.82) is 0 Å². The molecule has 1 aromatic rings. The third kappa shape index (κ3) is 3.48.